The summed E-state index contributed by atoms with van der Waals surface area (Å²) in [6, 6.07) is 3.97. The van der Waals surface area contributed by atoms with Crippen LogP contribution in [0.3, 0.4) is 0 Å². The number of hydrogen-bond donors (Lipinski definition) is 1. The van der Waals surface area contributed by atoms with Crippen molar-refractivity contribution in [3.8, 4) is 0 Å². The van der Waals surface area contributed by atoms with Crippen LogP contribution in [0.2, 0.25) is 4.34 Å². The fraction of sp³-hybridized carbons (Fsp3) is 0.429. The Balaban J connectivity index is 1.82. The van der Waals surface area contributed by atoms with E-state index in [0.29, 0.717) is 0 Å². The first-order valence-electron chi connectivity index (χ1n) is 6.73. The largest absolute Gasteiger partial charge is 0.354 e. The van der Waals surface area contributed by atoms with Crippen LogP contribution >= 0.6 is 22.9 Å². The van der Waals surface area contributed by atoms with Crippen LogP contribution in [0.15, 0.2) is 29.5 Å². The van der Waals surface area contributed by atoms with Crippen molar-refractivity contribution < 1.29 is 0 Å². The normalized spacial score (nSPS) is 11.7. The molecule has 0 amide bonds. The minimum absolute atomic E-state index is 0.781. The van der Waals surface area contributed by atoms with Crippen LogP contribution in [0.1, 0.15) is 10.4 Å². The molecule has 0 aliphatic rings. The second kappa shape index (κ2) is 7.47. The van der Waals surface area contributed by atoms with Gasteiger partial charge in [-0.1, -0.05) is 11.6 Å². The zero-order valence-corrected chi connectivity index (χ0v) is 14.1. The van der Waals surface area contributed by atoms with Crippen LogP contribution in [0.25, 0.3) is 0 Å². The zero-order valence-electron chi connectivity index (χ0n) is 12.5. The highest BCUT2D eigenvalue weighted by molar-refractivity contribution is 7.16. The fourth-order valence-corrected chi connectivity index (χ4v) is 3.14. The second-order valence-corrected chi connectivity index (χ2v) is 6.62. The first-order valence-corrected chi connectivity index (χ1v) is 7.93. The molecule has 0 atom stereocenters. The third kappa shape index (κ3) is 4.75. The summed E-state index contributed by atoms with van der Waals surface area (Å²) in [5.74, 6) is 0.864. The van der Waals surface area contributed by atoms with Crippen LogP contribution in [0.5, 0.6) is 0 Å². The van der Waals surface area contributed by atoms with Crippen LogP contribution in [0, 0.1) is 6.92 Å². The summed E-state index contributed by atoms with van der Waals surface area (Å²) in [6.07, 6.45) is 3.89. The number of guanidine groups is 1. The van der Waals surface area contributed by atoms with Crippen LogP contribution in [-0.4, -0.2) is 41.3 Å². The van der Waals surface area contributed by atoms with Gasteiger partial charge in [-0.15, -0.1) is 11.3 Å². The topological polar surface area (TPSA) is 45.5 Å². The van der Waals surface area contributed by atoms with Gasteiger partial charge in [0.05, 0.1) is 23.6 Å². The number of nitrogens with one attached hydrogen (secondary N) is 1. The van der Waals surface area contributed by atoms with Gasteiger partial charge in [0.15, 0.2) is 5.96 Å². The molecule has 7 heteroatoms. The minimum atomic E-state index is 0.781. The van der Waals surface area contributed by atoms with Gasteiger partial charge < -0.3 is 10.2 Å². The van der Waals surface area contributed by atoms with Gasteiger partial charge in [-0.2, -0.15) is 5.10 Å². The molecule has 0 radical (unpaired) electrons. The lowest BCUT2D eigenvalue weighted by Crippen LogP contribution is -2.39. The first-order chi connectivity index (χ1) is 10.1. The maximum atomic E-state index is 5.96. The molecule has 0 unspecified atom stereocenters. The lowest BCUT2D eigenvalue weighted by Gasteiger charge is -2.21. The monoisotopic (exact) mass is 325 g/mol. The maximum Gasteiger partial charge on any atom is 0.193 e. The number of rotatable bonds is 5. The van der Waals surface area contributed by atoms with Crippen molar-refractivity contribution >= 4 is 28.9 Å². The number of aliphatic imine (C=N–C) groups is 1. The molecule has 0 aliphatic carbocycles. The van der Waals surface area contributed by atoms with Crippen LogP contribution in [-0.2, 0) is 13.1 Å². The Hall–Kier alpha value is -1.53. The quantitative estimate of drug-likeness (QED) is 0.679. The van der Waals surface area contributed by atoms with Gasteiger partial charge >= 0.3 is 0 Å². The molecule has 0 saturated heterocycles. The molecule has 1 N–H and O–H groups in total. The van der Waals surface area contributed by atoms with Gasteiger partial charge in [0, 0.05) is 31.7 Å². The van der Waals surface area contributed by atoms with E-state index in [-0.39, 0.29) is 0 Å². The minimum Gasteiger partial charge on any atom is -0.354 e. The Kier molecular flexibility index (Phi) is 5.64. The number of thiophene rings is 1. The van der Waals surface area contributed by atoms with E-state index >= 15 is 0 Å². The van der Waals surface area contributed by atoms with Crippen LogP contribution < -0.4 is 5.32 Å². The fourth-order valence-electron chi connectivity index (χ4n) is 2.00. The van der Waals surface area contributed by atoms with E-state index in [2.05, 4.69) is 20.3 Å². The lowest BCUT2D eigenvalue weighted by atomic mass is 10.4. The highest BCUT2D eigenvalue weighted by Gasteiger charge is 2.08. The molecule has 2 rings (SSSR count). The van der Waals surface area contributed by atoms with E-state index < -0.39 is 0 Å². The summed E-state index contributed by atoms with van der Waals surface area (Å²) in [5, 5.41) is 7.60. The van der Waals surface area contributed by atoms with Crippen LogP contribution in [0.4, 0.5) is 0 Å². The molecule has 114 valence electrons. The third-order valence-corrected chi connectivity index (χ3v) is 4.20. The van der Waals surface area contributed by atoms with Crippen molar-refractivity contribution in [3.05, 3.63) is 39.3 Å². The average Bonchev–Trinajstić information content (AvgIpc) is 3.03. The molecule has 0 spiro atoms. The zero-order chi connectivity index (χ0) is 15.2. The summed E-state index contributed by atoms with van der Waals surface area (Å²) in [5.41, 5.74) is 1.17. The molecule has 2 heterocycles. The molecule has 0 fully saturated rings. The van der Waals surface area contributed by atoms with Gasteiger partial charge in [-0.3, -0.25) is 9.67 Å². The lowest BCUT2D eigenvalue weighted by molar-refractivity contribution is 0.474. The molecule has 0 saturated carbocycles. The molecular weight excluding hydrogens is 306 g/mol. The Bertz CT molecular complexity index is 604. The van der Waals surface area contributed by atoms with E-state index in [0.717, 1.165) is 29.9 Å². The van der Waals surface area contributed by atoms with Gasteiger partial charge in [0.25, 0.3) is 0 Å². The van der Waals surface area contributed by atoms with Gasteiger partial charge in [0.2, 0.25) is 0 Å². The Morgan fingerprint density at radius 2 is 2.33 bits per heavy atom. The van der Waals surface area contributed by atoms with Crippen molar-refractivity contribution in [2.24, 2.45) is 4.99 Å². The molecule has 0 aromatic carbocycles. The van der Waals surface area contributed by atoms with Crippen molar-refractivity contribution in [3.63, 3.8) is 0 Å². The van der Waals surface area contributed by atoms with E-state index in [9.17, 15) is 0 Å². The molecule has 0 bridgehead atoms. The number of halogens is 1. The highest BCUT2D eigenvalue weighted by atomic mass is 35.5. The smallest absolute Gasteiger partial charge is 0.193 e. The Morgan fingerprint density at radius 3 is 2.90 bits per heavy atom. The molecule has 2 aromatic rings. The Morgan fingerprint density at radius 1 is 1.52 bits per heavy atom. The molecule has 2 aromatic heterocycles. The molecule has 21 heavy (non-hydrogen) atoms. The van der Waals surface area contributed by atoms with E-state index in [4.69, 9.17) is 11.6 Å². The maximum absolute atomic E-state index is 5.96. The van der Waals surface area contributed by atoms with Gasteiger partial charge in [-0.05, 0) is 24.6 Å². The highest BCUT2D eigenvalue weighted by Crippen LogP contribution is 2.22. The molecular formula is C14H20ClN5S. The SMILES string of the molecule is CN=C(NCCn1cc(C)cn1)N(C)Cc1ccc(Cl)s1. The number of nitrogens with zero attached hydrogens (tertiary/aromatic N) is 4. The number of hydrogen-bond acceptors (Lipinski definition) is 3. The summed E-state index contributed by atoms with van der Waals surface area (Å²) < 4.78 is 2.74. The van der Waals surface area contributed by atoms with E-state index in [1.807, 2.05) is 43.2 Å². The Labute approximate surface area is 134 Å². The molecule has 0 aliphatic heterocycles. The second-order valence-electron chi connectivity index (χ2n) is 4.82. The van der Waals surface area contributed by atoms with Crippen molar-refractivity contribution in [1.29, 1.82) is 0 Å². The first kappa shape index (κ1) is 15.9. The van der Waals surface area contributed by atoms with E-state index in [1.54, 1.807) is 18.4 Å². The summed E-state index contributed by atoms with van der Waals surface area (Å²) in [6.45, 7) is 4.42. The predicted octanol–water partition coefficient (Wildman–Crippen LogP) is 2.61. The summed E-state index contributed by atoms with van der Waals surface area (Å²) >= 11 is 7.55. The third-order valence-electron chi connectivity index (χ3n) is 2.98. The summed E-state index contributed by atoms with van der Waals surface area (Å²) in [7, 11) is 3.80. The molecule has 5 nitrogen and oxygen atoms in total. The van der Waals surface area contributed by atoms with Crippen molar-refractivity contribution in [2.45, 2.75) is 20.0 Å². The van der Waals surface area contributed by atoms with Gasteiger partial charge in [-0.25, -0.2) is 0 Å². The van der Waals surface area contributed by atoms with E-state index in [1.165, 1.54) is 10.4 Å². The predicted molar refractivity (Wildman–Crippen MR) is 89.1 cm³/mol. The van der Waals surface area contributed by atoms with Crippen molar-refractivity contribution in [1.82, 2.24) is 20.0 Å². The summed E-state index contributed by atoms with van der Waals surface area (Å²) in [4.78, 5) is 7.60. The van der Waals surface area contributed by atoms with Gasteiger partial charge in [0.1, 0.15) is 0 Å². The average molecular weight is 326 g/mol. The standard InChI is InChI=1S/C14H20ClN5S/c1-11-8-18-20(9-11)7-6-17-14(16-2)19(3)10-12-4-5-13(15)21-12/h4-5,8-9H,6-7,10H2,1-3H3,(H,16,17). The van der Waals surface area contributed by atoms with Crippen molar-refractivity contribution in [2.75, 3.05) is 20.6 Å². The number of aromatic nitrogens is 2. The number of aryl methyl sites for hydroxylation is 1.